The van der Waals surface area contributed by atoms with Gasteiger partial charge < -0.3 is 4.98 Å². The summed E-state index contributed by atoms with van der Waals surface area (Å²) in [5, 5.41) is 0.274. The summed E-state index contributed by atoms with van der Waals surface area (Å²) in [6.07, 6.45) is -4.47. The lowest BCUT2D eigenvalue weighted by atomic mass is 10.2. The Morgan fingerprint density at radius 2 is 1.85 bits per heavy atom. The van der Waals surface area contributed by atoms with Crippen molar-refractivity contribution in [3.8, 4) is 0 Å². The largest absolute Gasteiger partial charge is 0.431 e. The Morgan fingerprint density at radius 3 is 2.40 bits per heavy atom. The average molecular weight is 307 g/mol. The van der Waals surface area contributed by atoms with Crippen LogP contribution in [0.4, 0.5) is 18.9 Å². The Morgan fingerprint density at radius 1 is 1.20 bits per heavy atom. The Labute approximate surface area is 113 Å². The third-order valence-electron chi connectivity index (χ3n) is 2.65. The molecule has 20 heavy (non-hydrogen) atoms. The molecular weight excluding hydrogens is 295 g/mol. The second-order valence-electron chi connectivity index (χ2n) is 4.37. The molecule has 5 nitrogen and oxygen atoms in total. The van der Waals surface area contributed by atoms with E-state index in [4.69, 9.17) is 0 Å². The van der Waals surface area contributed by atoms with Gasteiger partial charge in [0.05, 0.1) is 5.69 Å². The molecule has 0 fully saturated rings. The molecule has 0 spiro atoms. The van der Waals surface area contributed by atoms with Gasteiger partial charge >= 0.3 is 16.4 Å². The zero-order valence-corrected chi connectivity index (χ0v) is 11.4. The van der Waals surface area contributed by atoms with Gasteiger partial charge in [0.25, 0.3) is 0 Å². The topological polar surface area (TPSA) is 65.2 Å². The normalized spacial score (nSPS) is 13.1. The number of hydrogen-bond acceptors (Lipinski definition) is 2. The fourth-order valence-electron chi connectivity index (χ4n) is 1.59. The summed E-state index contributed by atoms with van der Waals surface area (Å²) in [4.78, 5) is 2.24. The smallest absolute Gasteiger partial charge is 0.351 e. The van der Waals surface area contributed by atoms with Crippen LogP contribution < -0.4 is 4.72 Å². The molecule has 0 atom stereocenters. The standard InChI is InChI=1S/C11H12F3N3O2S/c1-17(2)20(18,19)16-8-3-4-9-7(5-8)6-10(15-9)11(12,13)14/h3-6,15-16H,1-2H3. The van der Waals surface area contributed by atoms with Crippen LogP contribution >= 0.6 is 0 Å². The van der Waals surface area contributed by atoms with E-state index in [1.807, 2.05) is 0 Å². The highest BCUT2D eigenvalue weighted by Crippen LogP contribution is 2.32. The zero-order chi connectivity index (χ0) is 15.1. The molecule has 0 unspecified atom stereocenters. The molecule has 1 aromatic heterocycles. The van der Waals surface area contributed by atoms with E-state index in [0.717, 1.165) is 10.4 Å². The minimum Gasteiger partial charge on any atom is -0.351 e. The number of fused-ring (bicyclic) bond motifs is 1. The lowest BCUT2D eigenvalue weighted by molar-refractivity contribution is -0.140. The summed E-state index contributed by atoms with van der Waals surface area (Å²) in [6.45, 7) is 0. The molecule has 110 valence electrons. The highest BCUT2D eigenvalue weighted by molar-refractivity contribution is 7.90. The van der Waals surface area contributed by atoms with E-state index in [1.165, 1.54) is 32.3 Å². The van der Waals surface area contributed by atoms with Crippen molar-refractivity contribution in [3.05, 3.63) is 30.0 Å². The highest BCUT2D eigenvalue weighted by atomic mass is 32.2. The number of aromatic nitrogens is 1. The Bertz CT molecular complexity index is 735. The second-order valence-corrected chi connectivity index (χ2v) is 6.26. The van der Waals surface area contributed by atoms with Gasteiger partial charge in [-0.25, -0.2) is 0 Å². The first kappa shape index (κ1) is 14.7. The van der Waals surface area contributed by atoms with Crippen molar-refractivity contribution in [1.82, 2.24) is 9.29 Å². The maximum absolute atomic E-state index is 12.6. The maximum Gasteiger partial charge on any atom is 0.431 e. The van der Waals surface area contributed by atoms with Gasteiger partial charge in [0.1, 0.15) is 5.69 Å². The van der Waals surface area contributed by atoms with Gasteiger partial charge in [-0.3, -0.25) is 4.72 Å². The van der Waals surface area contributed by atoms with Crippen molar-refractivity contribution >= 4 is 26.8 Å². The van der Waals surface area contributed by atoms with Gasteiger partial charge in [-0.15, -0.1) is 0 Å². The van der Waals surface area contributed by atoms with E-state index in [-0.39, 0.29) is 16.6 Å². The number of rotatable bonds is 3. The highest BCUT2D eigenvalue weighted by Gasteiger charge is 2.32. The maximum atomic E-state index is 12.6. The number of hydrogen-bond donors (Lipinski definition) is 2. The number of aromatic amines is 1. The predicted molar refractivity (Wildman–Crippen MR) is 69.5 cm³/mol. The summed E-state index contributed by atoms with van der Waals surface area (Å²) in [5.74, 6) is 0. The van der Waals surface area contributed by atoms with Crippen molar-refractivity contribution in [3.63, 3.8) is 0 Å². The molecule has 0 aliphatic heterocycles. The molecule has 0 aliphatic carbocycles. The van der Waals surface area contributed by atoms with Crippen LogP contribution in [-0.4, -0.2) is 31.8 Å². The Balaban J connectivity index is 2.40. The third-order valence-corrected chi connectivity index (χ3v) is 4.11. The van der Waals surface area contributed by atoms with Crippen LogP contribution in [-0.2, 0) is 16.4 Å². The minimum absolute atomic E-state index is 0.193. The number of nitrogens with one attached hydrogen (secondary N) is 2. The van der Waals surface area contributed by atoms with Gasteiger partial charge in [-0.05, 0) is 24.3 Å². The quantitative estimate of drug-likeness (QED) is 0.914. The van der Waals surface area contributed by atoms with E-state index < -0.39 is 22.1 Å². The zero-order valence-electron chi connectivity index (χ0n) is 10.6. The summed E-state index contributed by atoms with van der Waals surface area (Å²) in [7, 11) is -0.998. The molecule has 1 aromatic carbocycles. The average Bonchev–Trinajstić information content (AvgIpc) is 2.70. The molecule has 0 saturated heterocycles. The van der Waals surface area contributed by atoms with E-state index >= 15 is 0 Å². The summed E-state index contributed by atoms with van der Waals surface area (Å²) >= 11 is 0. The van der Waals surface area contributed by atoms with Crippen LogP contribution in [0, 0.1) is 0 Å². The molecule has 0 radical (unpaired) electrons. The third kappa shape index (κ3) is 2.88. The number of benzene rings is 1. The van der Waals surface area contributed by atoms with Crippen molar-refractivity contribution in [2.75, 3.05) is 18.8 Å². The number of H-pyrrole nitrogens is 1. The molecule has 9 heteroatoms. The molecule has 2 rings (SSSR count). The van der Waals surface area contributed by atoms with Crippen LogP contribution in [0.1, 0.15) is 5.69 Å². The summed E-state index contributed by atoms with van der Waals surface area (Å²) in [5.41, 5.74) is -0.399. The fraction of sp³-hybridized carbons (Fsp3) is 0.273. The van der Waals surface area contributed by atoms with E-state index in [1.54, 1.807) is 0 Å². The molecule has 0 aliphatic rings. The summed E-state index contributed by atoms with van der Waals surface area (Å²) < 4.78 is 64.1. The SMILES string of the molecule is CN(C)S(=O)(=O)Nc1ccc2[nH]c(C(F)(F)F)cc2c1. The van der Waals surface area contributed by atoms with Crippen LogP contribution in [0.2, 0.25) is 0 Å². The molecule has 1 heterocycles. The van der Waals surface area contributed by atoms with Crippen LogP contribution in [0.5, 0.6) is 0 Å². The second kappa shape index (κ2) is 4.67. The molecule has 0 amide bonds. The van der Waals surface area contributed by atoms with Gasteiger partial charge in [0.15, 0.2) is 0 Å². The first-order valence-electron chi connectivity index (χ1n) is 5.50. The van der Waals surface area contributed by atoms with Crippen LogP contribution in [0.15, 0.2) is 24.3 Å². The first-order valence-corrected chi connectivity index (χ1v) is 6.94. The van der Waals surface area contributed by atoms with Gasteiger partial charge in [-0.2, -0.15) is 25.9 Å². The van der Waals surface area contributed by atoms with Crippen molar-refractivity contribution in [2.45, 2.75) is 6.18 Å². The van der Waals surface area contributed by atoms with Gasteiger partial charge in [0, 0.05) is 25.0 Å². The molecule has 0 saturated carbocycles. The minimum atomic E-state index is -4.47. The van der Waals surface area contributed by atoms with E-state index in [9.17, 15) is 21.6 Å². The van der Waals surface area contributed by atoms with Crippen molar-refractivity contribution in [2.24, 2.45) is 0 Å². The lowest BCUT2D eigenvalue weighted by Gasteiger charge is -2.13. The molecule has 2 aromatic rings. The Hall–Kier alpha value is -1.74. The number of halogens is 3. The van der Waals surface area contributed by atoms with Crippen molar-refractivity contribution in [1.29, 1.82) is 0 Å². The monoisotopic (exact) mass is 307 g/mol. The van der Waals surface area contributed by atoms with Crippen LogP contribution in [0.25, 0.3) is 10.9 Å². The molecular formula is C11H12F3N3O2S. The number of anilines is 1. The lowest BCUT2D eigenvalue weighted by Crippen LogP contribution is -2.28. The fourth-order valence-corrected chi connectivity index (χ4v) is 2.20. The van der Waals surface area contributed by atoms with E-state index in [2.05, 4.69) is 9.71 Å². The predicted octanol–water partition coefficient (Wildman–Crippen LogP) is 2.41. The number of alkyl halides is 3. The van der Waals surface area contributed by atoms with Crippen molar-refractivity contribution < 1.29 is 21.6 Å². The number of nitrogens with zero attached hydrogens (tertiary/aromatic N) is 1. The van der Waals surface area contributed by atoms with Gasteiger partial charge in [0.2, 0.25) is 0 Å². The van der Waals surface area contributed by atoms with E-state index in [0.29, 0.717) is 0 Å². The summed E-state index contributed by atoms with van der Waals surface area (Å²) in [6, 6.07) is 5.04. The Kier molecular flexibility index (Phi) is 3.42. The first-order chi connectivity index (χ1) is 9.09. The van der Waals surface area contributed by atoms with Gasteiger partial charge in [-0.1, -0.05) is 0 Å². The molecule has 2 N–H and O–H groups in total. The van der Waals surface area contributed by atoms with Crippen LogP contribution in [0.3, 0.4) is 0 Å². The molecule has 0 bridgehead atoms.